The van der Waals surface area contributed by atoms with Crippen molar-refractivity contribution in [2.45, 2.75) is 43.9 Å². The van der Waals surface area contributed by atoms with Gasteiger partial charge in [0, 0.05) is 5.92 Å². The maximum absolute atomic E-state index is 12.2. The molecule has 1 aliphatic carbocycles. The first kappa shape index (κ1) is 19.2. The molecule has 3 rings (SSSR count). The minimum absolute atomic E-state index is 0.00800. The van der Waals surface area contributed by atoms with E-state index in [9.17, 15) is 13.2 Å². The van der Waals surface area contributed by atoms with E-state index in [2.05, 4.69) is 25.6 Å². The first-order valence-electron chi connectivity index (χ1n) is 8.23. The fourth-order valence-corrected chi connectivity index (χ4v) is 4.93. The number of sulfonamides is 1. The summed E-state index contributed by atoms with van der Waals surface area (Å²) in [4.78, 5) is 12.2. The summed E-state index contributed by atoms with van der Waals surface area (Å²) in [7, 11) is -2.30. The number of aromatic nitrogens is 2. The van der Waals surface area contributed by atoms with Gasteiger partial charge in [-0.05, 0) is 51.2 Å². The molecule has 24 heavy (non-hydrogen) atoms. The number of amides is 1. The zero-order valence-electron chi connectivity index (χ0n) is 14.3. The lowest BCUT2D eigenvalue weighted by Crippen LogP contribution is -2.48. The standard InChI is InChI=1S/C12H19N5O3S2.C2H6/c1-13-22(19,20)11-17-16-10(21-11)15-9(18)8-6-12(7-8)2-4-14-5-3-12;1-2/h8,13-14H,2-7H2,1H3,(H,15,16,18);1-2H3. The van der Waals surface area contributed by atoms with E-state index in [0.717, 1.165) is 50.1 Å². The molecule has 0 unspecified atom stereocenters. The van der Waals surface area contributed by atoms with Gasteiger partial charge in [0.15, 0.2) is 0 Å². The monoisotopic (exact) mass is 375 g/mol. The van der Waals surface area contributed by atoms with Crippen molar-refractivity contribution in [2.75, 3.05) is 25.5 Å². The Labute approximate surface area is 146 Å². The molecule has 3 N–H and O–H groups in total. The average Bonchev–Trinajstić information content (AvgIpc) is 3.04. The number of piperidine rings is 1. The molecule has 0 bridgehead atoms. The van der Waals surface area contributed by atoms with Gasteiger partial charge in [0.05, 0.1) is 0 Å². The molecular formula is C14H25N5O3S2. The maximum Gasteiger partial charge on any atom is 0.269 e. The average molecular weight is 376 g/mol. The SMILES string of the molecule is CC.CNS(=O)(=O)c1nnc(NC(=O)C2CC3(CCNCC3)C2)s1. The molecule has 0 aromatic carbocycles. The molecule has 1 aromatic heterocycles. The van der Waals surface area contributed by atoms with Gasteiger partial charge in [-0.2, -0.15) is 0 Å². The Morgan fingerprint density at radius 1 is 1.25 bits per heavy atom. The smallest absolute Gasteiger partial charge is 0.269 e. The number of rotatable bonds is 4. The fourth-order valence-electron chi connectivity index (χ4n) is 3.20. The molecule has 0 radical (unpaired) electrons. The van der Waals surface area contributed by atoms with Crippen molar-refractivity contribution in [1.29, 1.82) is 0 Å². The van der Waals surface area contributed by atoms with Crippen molar-refractivity contribution in [3.05, 3.63) is 0 Å². The van der Waals surface area contributed by atoms with Crippen molar-refractivity contribution in [3.8, 4) is 0 Å². The molecule has 1 spiro atoms. The van der Waals surface area contributed by atoms with Crippen LogP contribution in [-0.4, -0.2) is 44.7 Å². The van der Waals surface area contributed by atoms with Gasteiger partial charge in [-0.1, -0.05) is 25.2 Å². The number of hydrogen-bond donors (Lipinski definition) is 3. The normalized spacial score (nSPS) is 20.0. The van der Waals surface area contributed by atoms with E-state index in [1.165, 1.54) is 7.05 Å². The van der Waals surface area contributed by atoms with E-state index in [1.807, 2.05) is 13.8 Å². The summed E-state index contributed by atoms with van der Waals surface area (Å²) in [5.41, 5.74) is 0.328. The van der Waals surface area contributed by atoms with Crippen molar-refractivity contribution in [3.63, 3.8) is 0 Å². The quantitative estimate of drug-likeness (QED) is 0.681. The molecule has 0 atom stereocenters. The minimum Gasteiger partial charge on any atom is -0.317 e. The number of nitrogens with zero attached hydrogens (tertiary/aromatic N) is 2. The van der Waals surface area contributed by atoms with E-state index >= 15 is 0 Å². The van der Waals surface area contributed by atoms with Crippen LogP contribution < -0.4 is 15.4 Å². The molecule has 2 heterocycles. The van der Waals surface area contributed by atoms with Gasteiger partial charge in [-0.15, -0.1) is 10.2 Å². The summed E-state index contributed by atoms with van der Waals surface area (Å²) in [5.74, 6) is -0.0972. The zero-order chi connectivity index (χ0) is 17.8. The van der Waals surface area contributed by atoms with Crippen LogP contribution in [0, 0.1) is 11.3 Å². The number of nitrogens with one attached hydrogen (secondary N) is 3. The van der Waals surface area contributed by atoms with Crippen molar-refractivity contribution in [1.82, 2.24) is 20.2 Å². The lowest BCUT2D eigenvalue weighted by Gasteiger charge is -2.49. The third-order valence-corrected chi connectivity index (χ3v) is 7.15. The molecule has 10 heteroatoms. The van der Waals surface area contributed by atoms with Crippen LogP contribution in [0.25, 0.3) is 0 Å². The highest BCUT2D eigenvalue weighted by Gasteiger charge is 2.47. The van der Waals surface area contributed by atoms with Gasteiger partial charge in [-0.3, -0.25) is 4.79 Å². The van der Waals surface area contributed by atoms with Crippen LogP contribution in [0.15, 0.2) is 4.34 Å². The molecule has 1 saturated carbocycles. The Kier molecular flexibility index (Phi) is 6.29. The number of carbonyl (C=O) groups excluding carboxylic acids is 1. The predicted octanol–water partition coefficient (Wildman–Crippen LogP) is 1.19. The number of carbonyl (C=O) groups is 1. The largest absolute Gasteiger partial charge is 0.317 e. The van der Waals surface area contributed by atoms with Crippen LogP contribution in [0.3, 0.4) is 0 Å². The highest BCUT2D eigenvalue weighted by Crippen LogP contribution is 2.51. The van der Waals surface area contributed by atoms with Crippen LogP contribution in [0.4, 0.5) is 5.13 Å². The first-order valence-corrected chi connectivity index (χ1v) is 10.5. The van der Waals surface area contributed by atoms with Gasteiger partial charge in [0.1, 0.15) is 0 Å². The summed E-state index contributed by atoms with van der Waals surface area (Å²) in [5, 5.41) is 13.6. The molecule has 8 nitrogen and oxygen atoms in total. The molecule has 136 valence electrons. The highest BCUT2D eigenvalue weighted by molar-refractivity contribution is 7.91. The van der Waals surface area contributed by atoms with Gasteiger partial charge in [-0.25, -0.2) is 13.1 Å². The molecule has 1 aliphatic heterocycles. The molecule has 1 aromatic rings. The second-order valence-corrected chi connectivity index (χ2v) is 8.96. The minimum atomic E-state index is -3.61. The Bertz CT molecular complexity index is 660. The molecule has 2 aliphatic rings. The van der Waals surface area contributed by atoms with Crippen LogP contribution >= 0.6 is 11.3 Å². The number of hydrogen-bond acceptors (Lipinski definition) is 7. The Morgan fingerprint density at radius 2 is 1.88 bits per heavy atom. The summed E-state index contributed by atoms with van der Waals surface area (Å²) < 4.78 is 25.2. The second-order valence-electron chi connectivity index (χ2n) is 5.93. The van der Waals surface area contributed by atoms with Gasteiger partial charge >= 0.3 is 0 Å². The second kappa shape index (κ2) is 7.85. The number of anilines is 1. The summed E-state index contributed by atoms with van der Waals surface area (Å²) in [6.45, 7) is 6.05. The van der Waals surface area contributed by atoms with E-state index in [1.54, 1.807) is 0 Å². The Balaban J connectivity index is 0.00000100. The molecular weight excluding hydrogens is 350 g/mol. The lowest BCUT2D eigenvalue weighted by molar-refractivity contribution is -0.128. The van der Waals surface area contributed by atoms with E-state index < -0.39 is 10.0 Å². The molecule has 2 fully saturated rings. The summed E-state index contributed by atoms with van der Waals surface area (Å²) in [6, 6.07) is 0. The van der Waals surface area contributed by atoms with Gasteiger partial charge in [0.25, 0.3) is 10.0 Å². The van der Waals surface area contributed by atoms with Gasteiger partial charge < -0.3 is 10.6 Å². The van der Waals surface area contributed by atoms with E-state index in [-0.39, 0.29) is 21.3 Å². The van der Waals surface area contributed by atoms with E-state index in [0.29, 0.717) is 5.41 Å². The summed E-state index contributed by atoms with van der Waals surface area (Å²) >= 11 is 0.857. The summed E-state index contributed by atoms with van der Waals surface area (Å²) in [6.07, 6.45) is 4.06. The van der Waals surface area contributed by atoms with Crippen LogP contribution in [0.1, 0.15) is 39.5 Å². The Hall–Kier alpha value is -1.10. The topological polar surface area (TPSA) is 113 Å². The Morgan fingerprint density at radius 3 is 2.46 bits per heavy atom. The van der Waals surface area contributed by atoms with Gasteiger partial charge in [0.2, 0.25) is 15.4 Å². The van der Waals surface area contributed by atoms with E-state index in [4.69, 9.17) is 0 Å². The maximum atomic E-state index is 12.2. The van der Waals surface area contributed by atoms with Crippen molar-refractivity contribution >= 4 is 32.4 Å². The van der Waals surface area contributed by atoms with Crippen LogP contribution in [0.2, 0.25) is 0 Å². The third kappa shape index (κ3) is 4.11. The van der Waals surface area contributed by atoms with Crippen molar-refractivity contribution < 1.29 is 13.2 Å². The fraction of sp³-hybridized carbons (Fsp3) is 0.786. The molecule has 1 saturated heterocycles. The molecule has 1 amide bonds. The van der Waals surface area contributed by atoms with Crippen molar-refractivity contribution in [2.24, 2.45) is 11.3 Å². The predicted molar refractivity (Wildman–Crippen MR) is 93.4 cm³/mol. The third-order valence-electron chi connectivity index (χ3n) is 4.53. The van der Waals surface area contributed by atoms with Crippen LogP contribution in [-0.2, 0) is 14.8 Å². The van der Waals surface area contributed by atoms with Crippen LogP contribution in [0.5, 0.6) is 0 Å². The lowest BCUT2D eigenvalue weighted by atomic mass is 9.57. The first-order chi connectivity index (χ1) is 11.4. The zero-order valence-corrected chi connectivity index (χ0v) is 15.9. The highest BCUT2D eigenvalue weighted by atomic mass is 32.2.